The van der Waals surface area contributed by atoms with E-state index in [0.717, 1.165) is 0 Å². The van der Waals surface area contributed by atoms with Crippen molar-refractivity contribution in [2.24, 2.45) is 5.90 Å². The average Bonchev–Trinajstić information content (AvgIpc) is 2.09. The molecular weight excluding hydrogens is 192 g/mol. The van der Waals surface area contributed by atoms with Gasteiger partial charge in [-0.05, 0) is 24.3 Å². The molecule has 0 saturated heterocycles. The van der Waals surface area contributed by atoms with E-state index in [0.29, 0.717) is 10.7 Å². The van der Waals surface area contributed by atoms with Crippen molar-refractivity contribution in [3.05, 3.63) is 29.3 Å². The molecule has 0 aliphatic heterocycles. The van der Waals surface area contributed by atoms with Gasteiger partial charge in [0.2, 0.25) is 0 Å². The minimum atomic E-state index is -0.301. The highest BCUT2D eigenvalue weighted by Crippen LogP contribution is 2.12. The Balaban J connectivity index is 2.54. The van der Waals surface area contributed by atoms with Crippen LogP contribution in [0.15, 0.2) is 24.3 Å². The van der Waals surface area contributed by atoms with Crippen LogP contribution >= 0.6 is 11.6 Å². The fourth-order valence-electron chi connectivity index (χ4n) is 0.806. The summed E-state index contributed by atoms with van der Waals surface area (Å²) in [5, 5.41) is 3.19. The second kappa shape index (κ2) is 4.81. The zero-order valence-corrected chi connectivity index (χ0v) is 7.54. The summed E-state index contributed by atoms with van der Waals surface area (Å²) >= 11 is 5.65. The first kappa shape index (κ1) is 9.98. The molecule has 0 unspecified atom stereocenters. The minimum Gasteiger partial charge on any atom is -0.324 e. The number of nitrogens with two attached hydrogens (primary N) is 1. The molecule has 0 aliphatic carbocycles. The lowest BCUT2D eigenvalue weighted by Crippen LogP contribution is -2.20. The van der Waals surface area contributed by atoms with E-state index in [9.17, 15) is 4.79 Å². The summed E-state index contributed by atoms with van der Waals surface area (Å²) in [6.45, 7) is -0.164. The third-order valence-electron chi connectivity index (χ3n) is 1.34. The van der Waals surface area contributed by atoms with E-state index < -0.39 is 0 Å². The van der Waals surface area contributed by atoms with E-state index in [-0.39, 0.29) is 12.5 Å². The Morgan fingerprint density at radius 3 is 2.62 bits per heavy atom. The fraction of sp³-hybridized carbons (Fsp3) is 0.125. The molecule has 0 heterocycles. The molecule has 1 aromatic carbocycles. The maximum atomic E-state index is 10.9. The van der Waals surface area contributed by atoms with E-state index in [1.54, 1.807) is 24.3 Å². The Morgan fingerprint density at radius 2 is 2.08 bits per heavy atom. The smallest absolute Gasteiger partial charge is 0.252 e. The number of nitrogens with one attached hydrogen (secondary N) is 1. The number of hydrogen-bond donors (Lipinski definition) is 2. The fourth-order valence-corrected chi connectivity index (χ4v) is 0.932. The van der Waals surface area contributed by atoms with Crippen LogP contribution in [0, 0.1) is 0 Å². The lowest BCUT2D eigenvalue weighted by Gasteiger charge is -2.03. The highest BCUT2D eigenvalue weighted by molar-refractivity contribution is 6.30. The van der Waals surface area contributed by atoms with E-state index in [2.05, 4.69) is 10.2 Å². The van der Waals surface area contributed by atoms with Crippen LogP contribution in [0.25, 0.3) is 0 Å². The highest BCUT2D eigenvalue weighted by atomic mass is 35.5. The van der Waals surface area contributed by atoms with Crippen LogP contribution in [0.2, 0.25) is 5.02 Å². The summed E-state index contributed by atoms with van der Waals surface area (Å²) in [7, 11) is 0. The molecule has 4 nitrogen and oxygen atoms in total. The number of benzene rings is 1. The van der Waals surface area contributed by atoms with Gasteiger partial charge in [0.15, 0.2) is 0 Å². The normalized spacial score (nSPS) is 9.69. The van der Waals surface area contributed by atoms with Gasteiger partial charge in [-0.3, -0.25) is 9.63 Å². The van der Waals surface area contributed by atoms with Crippen molar-refractivity contribution in [2.75, 3.05) is 11.9 Å². The van der Waals surface area contributed by atoms with Crippen LogP contribution < -0.4 is 11.2 Å². The van der Waals surface area contributed by atoms with Gasteiger partial charge in [-0.25, -0.2) is 5.90 Å². The van der Waals surface area contributed by atoms with Crippen LogP contribution in [0.1, 0.15) is 0 Å². The second-order valence-electron chi connectivity index (χ2n) is 2.37. The third-order valence-corrected chi connectivity index (χ3v) is 1.59. The second-order valence-corrected chi connectivity index (χ2v) is 2.80. The van der Waals surface area contributed by atoms with Crippen molar-refractivity contribution in [3.63, 3.8) is 0 Å². The summed E-state index contributed by atoms with van der Waals surface area (Å²) in [4.78, 5) is 15.1. The summed E-state index contributed by atoms with van der Waals surface area (Å²) in [6.07, 6.45) is 0. The molecule has 0 aromatic heterocycles. The molecule has 3 N–H and O–H groups in total. The molecule has 1 rings (SSSR count). The number of carbonyl (C=O) groups is 1. The zero-order valence-electron chi connectivity index (χ0n) is 6.79. The molecule has 13 heavy (non-hydrogen) atoms. The topological polar surface area (TPSA) is 64.3 Å². The van der Waals surface area contributed by atoms with Crippen molar-refractivity contribution in [1.29, 1.82) is 0 Å². The Kier molecular flexibility index (Phi) is 3.70. The van der Waals surface area contributed by atoms with Crippen LogP contribution in [0.3, 0.4) is 0 Å². The molecule has 0 fully saturated rings. The van der Waals surface area contributed by atoms with Gasteiger partial charge in [0.05, 0.1) is 0 Å². The number of anilines is 1. The largest absolute Gasteiger partial charge is 0.324 e. The van der Waals surface area contributed by atoms with Crippen LogP contribution in [-0.4, -0.2) is 12.5 Å². The predicted octanol–water partition coefficient (Wildman–Crippen LogP) is 1.17. The molecule has 70 valence electrons. The molecule has 0 spiro atoms. The zero-order chi connectivity index (χ0) is 9.68. The first-order valence-corrected chi connectivity index (χ1v) is 3.97. The van der Waals surface area contributed by atoms with Crippen LogP contribution in [0.4, 0.5) is 5.69 Å². The molecule has 1 amide bonds. The van der Waals surface area contributed by atoms with Gasteiger partial charge >= 0.3 is 0 Å². The number of hydrogen-bond acceptors (Lipinski definition) is 3. The Hall–Kier alpha value is -1.10. The summed E-state index contributed by atoms with van der Waals surface area (Å²) in [5.41, 5.74) is 0.659. The lowest BCUT2D eigenvalue weighted by molar-refractivity contribution is -0.120. The van der Waals surface area contributed by atoms with Gasteiger partial charge in [0, 0.05) is 10.7 Å². The van der Waals surface area contributed by atoms with Gasteiger partial charge in [-0.15, -0.1) is 0 Å². The van der Waals surface area contributed by atoms with E-state index in [1.807, 2.05) is 0 Å². The summed E-state index contributed by atoms with van der Waals surface area (Å²) in [6, 6.07) is 6.74. The lowest BCUT2D eigenvalue weighted by atomic mass is 10.3. The van der Waals surface area contributed by atoms with Gasteiger partial charge in [0.25, 0.3) is 5.91 Å². The van der Waals surface area contributed by atoms with Gasteiger partial charge in [0.1, 0.15) is 6.61 Å². The van der Waals surface area contributed by atoms with Gasteiger partial charge in [-0.1, -0.05) is 11.6 Å². The molecule has 0 atom stereocenters. The molecule has 1 aromatic rings. The van der Waals surface area contributed by atoms with Crippen molar-refractivity contribution >= 4 is 23.2 Å². The van der Waals surface area contributed by atoms with Gasteiger partial charge < -0.3 is 5.32 Å². The molecule has 0 aliphatic rings. The number of rotatable bonds is 3. The Morgan fingerprint density at radius 1 is 1.46 bits per heavy atom. The Labute approximate surface area is 80.6 Å². The third kappa shape index (κ3) is 3.42. The molecule has 5 heteroatoms. The first-order chi connectivity index (χ1) is 6.22. The van der Waals surface area contributed by atoms with E-state index in [4.69, 9.17) is 17.5 Å². The average molecular weight is 201 g/mol. The summed E-state index contributed by atoms with van der Waals surface area (Å²) < 4.78 is 0. The van der Waals surface area contributed by atoms with Crippen molar-refractivity contribution < 1.29 is 9.63 Å². The minimum absolute atomic E-state index is 0.164. The molecule has 0 saturated carbocycles. The van der Waals surface area contributed by atoms with Gasteiger partial charge in [-0.2, -0.15) is 0 Å². The maximum Gasteiger partial charge on any atom is 0.252 e. The highest BCUT2D eigenvalue weighted by Gasteiger charge is 2.00. The predicted molar refractivity (Wildman–Crippen MR) is 50.2 cm³/mol. The van der Waals surface area contributed by atoms with Crippen molar-refractivity contribution in [2.45, 2.75) is 0 Å². The number of halogens is 1. The van der Waals surface area contributed by atoms with Crippen LogP contribution in [-0.2, 0) is 9.63 Å². The molecule has 0 radical (unpaired) electrons. The summed E-state index contributed by atoms with van der Waals surface area (Å²) in [5.74, 6) is 4.42. The number of amides is 1. The molecular formula is C8H9ClN2O2. The quantitative estimate of drug-likeness (QED) is 0.720. The number of carbonyl (C=O) groups excluding carboxylic acids is 1. The van der Waals surface area contributed by atoms with E-state index >= 15 is 0 Å². The SMILES string of the molecule is NOCC(=O)Nc1ccc(Cl)cc1. The maximum absolute atomic E-state index is 10.9. The van der Waals surface area contributed by atoms with E-state index in [1.165, 1.54) is 0 Å². The van der Waals surface area contributed by atoms with Crippen molar-refractivity contribution in [1.82, 2.24) is 0 Å². The monoisotopic (exact) mass is 200 g/mol. The van der Waals surface area contributed by atoms with Crippen molar-refractivity contribution in [3.8, 4) is 0 Å². The van der Waals surface area contributed by atoms with Crippen LogP contribution in [0.5, 0.6) is 0 Å². The Bertz CT molecular complexity index is 287. The molecule has 0 bridgehead atoms. The first-order valence-electron chi connectivity index (χ1n) is 3.59. The standard InChI is InChI=1S/C8H9ClN2O2/c9-6-1-3-7(4-2-6)11-8(12)5-13-10/h1-4H,5,10H2,(H,11,12).